The summed E-state index contributed by atoms with van der Waals surface area (Å²) in [6.45, 7) is 3.04. The van der Waals surface area contributed by atoms with Crippen molar-refractivity contribution >= 4 is 17.2 Å². The van der Waals surface area contributed by atoms with Crippen LogP contribution in [0, 0.1) is 6.92 Å². The van der Waals surface area contributed by atoms with Crippen LogP contribution in [-0.2, 0) is 10.9 Å². The highest BCUT2D eigenvalue weighted by Gasteiger charge is 2.37. The summed E-state index contributed by atoms with van der Waals surface area (Å²) < 4.78 is 42.6. The molecule has 8 heteroatoms. The fourth-order valence-electron chi connectivity index (χ4n) is 1.63. The molecule has 2 heterocycles. The molecule has 1 aromatic rings. The zero-order valence-electron chi connectivity index (χ0n) is 9.58. The van der Waals surface area contributed by atoms with Crippen molar-refractivity contribution in [2.75, 3.05) is 26.3 Å². The van der Waals surface area contributed by atoms with Crippen LogP contribution in [0.3, 0.4) is 0 Å². The molecule has 0 unspecified atom stereocenters. The zero-order chi connectivity index (χ0) is 13.3. The van der Waals surface area contributed by atoms with Crippen molar-refractivity contribution in [1.29, 1.82) is 0 Å². The summed E-state index contributed by atoms with van der Waals surface area (Å²) in [5.74, 6) is -0.399. The third kappa shape index (κ3) is 2.64. The van der Waals surface area contributed by atoms with Crippen LogP contribution in [0.1, 0.15) is 20.4 Å². The van der Waals surface area contributed by atoms with Gasteiger partial charge in [-0.1, -0.05) is 0 Å². The minimum Gasteiger partial charge on any atom is -0.378 e. The summed E-state index contributed by atoms with van der Waals surface area (Å²) in [6.07, 6.45) is -4.50. The molecule has 0 N–H and O–H groups in total. The molecule has 0 aromatic carbocycles. The molecule has 4 nitrogen and oxygen atoms in total. The Bertz CT molecular complexity index is 452. The first-order chi connectivity index (χ1) is 8.39. The molecular weight excluding hydrogens is 269 g/mol. The fourth-order valence-corrected chi connectivity index (χ4v) is 2.53. The highest BCUT2D eigenvalue weighted by molar-refractivity contribution is 7.13. The highest BCUT2D eigenvalue weighted by Crippen LogP contribution is 2.34. The van der Waals surface area contributed by atoms with E-state index in [2.05, 4.69) is 4.98 Å². The first kappa shape index (κ1) is 13.3. The molecule has 1 fully saturated rings. The number of alkyl halides is 3. The van der Waals surface area contributed by atoms with Crippen molar-refractivity contribution < 1.29 is 22.7 Å². The number of aromatic nitrogens is 1. The molecule has 100 valence electrons. The third-order valence-corrected chi connectivity index (χ3v) is 3.72. The summed E-state index contributed by atoms with van der Waals surface area (Å²) in [5.41, 5.74) is 0.129. The number of morpholine rings is 1. The van der Waals surface area contributed by atoms with Gasteiger partial charge >= 0.3 is 6.18 Å². The molecule has 0 atom stereocenters. The van der Waals surface area contributed by atoms with Gasteiger partial charge in [0.1, 0.15) is 4.88 Å². The van der Waals surface area contributed by atoms with Crippen LogP contribution in [0.2, 0.25) is 0 Å². The van der Waals surface area contributed by atoms with Crippen LogP contribution >= 0.6 is 11.3 Å². The molecule has 0 spiro atoms. The van der Waals surface area contributed by atoms with Gasteiger partial charge in [0.2, 0.25) is 0 Å². The number of thiazole rings is 1. The van der Waals surface area contributed by atoms with Gasteiger partial charge in [0.05, 0.1) is 18.9 Å². The third-order valence-electron chi connectivity index (χ3n) is 2.53. The van der Waals surface area contributed by atoms with E-state index in [0.29, 0.717) is 37.6 Å². The van der Waals surface area contributed by atoms with Crippen molar-refractivity contribution in [3.8, 4) is 0 Å². The lowest BCUT2D eigenvalue weighted by Crippen LogP contribution is -2.40. The van der Waals surface area contributed by atoms with Gasteiger partial charge in [-0.25, -0.2) is 4.98 Å². The monoisotopic (exact) mass is 280 g/mol. The molecule has 0 aliphatic carbocycles. The molecule has 0 bridgehead atoms. The number of aryl methyl sites for hydroxylation is 1. The lowest BCUT2D eigenvalue weighted by molar-refractivity contribution is -0.137. The number of hydrogen-bond acceptors (Lipinski definition) is 4. The normalized spacial score (nSPS) is 17.0. The van der Waals surface area contributed by atoms with E-state index < -0.39 is 17.1 Å². The van der Waals surface area contributed by atoms with E-state index in [0.717, 1.165) is 0 Å². The predicted octanol–water partition coefficient (Wildman–Crippen LogP) is 1.94. The lowest BCUT2D eigenvalue weighted by Gasteiger charge is -2.26. The standard InChI is InChI=1S/C10H11F3N2O2S/c1-6-7(18-9(14-6)10(11,12)13)8(16)15-2-4-17-5-3-15/h2-5H2,1H3. The second-order valence-electron chi connectivity index (χ2n) is 3.84. The van der Waals surface area contributed by atoms with Crippen LogP contribution in [0.15, 0.2) is 0 Å². The first-order valence-electron chi connectivity index (χ1n) is 5.31. The smallest absolute Gasteiger partial charge is 0.378 e. The number of hydrogen-bond donors (Lipinski definition) is 0. The van der Waals surface area contributed by atoms with E-state index in [1.165, 1.54) is 11.8 Å². The molecule has 0 saturated carbocycles. The molecular formula is C10H11F3N2O2S. The number of rotatable bonds is 1. The van der Waals surface area contributed by atoms with Crippen molar-refractivity contribution in [2.45, 2.75) is 13.1 Å². The van der Waals surface area contributed by atoms with Gasteiger partial charge in [-0.15, -0.1) is 11.3 Å². The Morgan fingerprint density at radius 1 is 1.39 bits per heavy atom. The summed E-state index contributed by atoms with van der Waals surface area (Å²) in [4.78, 5) is 17.0. The largest absolute Gasteiger partial charge is 0.443 e. The number of nitrogens with zero attached hydrogens (tertiary/aromatic N) is 2. The average molecular weight is 280 g/mol. The second-order valence-corrected chi connectivity index (χ2v) is 4.83. The van der Waals surface area contributed by atoms with E-state index in [1.807, 2.05) is 0 Å². The van der Waals surface area contributed by atoms with Gasteiger partial charge in [0.25, 0.3) is 5.91 Å². The summed E-state index contributed by atoms with van der Waals surface area (Å²) in [6, 6.07) is 0. The molecule has 2 rings (SSSR count). The quantitative estimate of drug-likeness (QED) is 0.789. The maximum Gasteiger partial charge on any atom is 0.443 e. The summed E-state index contributed by atoms with van der Waals surface area (Å²) in [5, 5.41) is -0.975. The van der Waals surface area contributed by atoms with E-state index in [1.54, 1.807) is 0 Å². The Morgan fingerprint density at radius 3 is 2.50 bits per heavy atom. The minimum absolute atomic E-state index is 0.0595. The number of carbonyl (C=O) groups is 1. The van der Waals surface area contributed by atoms with Crippen LogP contribution in [0.5, 0.6) is 0 Å². The second kappa shape index (κ2) is 4.85. The average Bonchev–Trinajstić information content (AvgIpc) is 2.71. The Kier molecular flexibility index (Phi) is 3.58. The fraction of sp³-hybridized carbons (Fsp3) is 0.600. The summed E-state index contributed by atoms with van der Waals surface area (Å²) in [7, 11) is 0. The maximum absolute atomic E-state index is 12.5. The van der Waals surface area contributed by atoms with E-state index in [4.69, 9.17) is 4.74 Å². The predicted molar refractivity (Wildman–Crippen MR) is 58.6 cm³/mol. The molecule has 1 aliphatic rings. The van der Waals surface area contributed by atoms with Crippen LogP contribution in [0.25, 0.3) is 0 Å². The highest BCUT2D eigenvalue weighted by atomic mass is 32.1. The van der Waals surface area contributed by atoms with Crippen molar-refractivity contribution in [3.05, 3.63) is 15.6 Å². The molecule has 1 saturated heterocycles. The van der Waals surface area contributed by atoms with Crippen molar-refractivity contribution in [3.63, 3.8) is 0 Å². The van der Waals surface area contributed by atoms with Crippen molar-refractivity contribution in [2.24, 2.45) is 0 Å². The van der Waals surface area contributed by atoms with Crippen LogP contribution in [0.4, 0.5) is 13.2 Å². The maximum atomic E-state index is 12.5. The SMILES string of the molecule is Cc1nc(C(F)(F)F)sc1C(=O)N1CCOCC1. The van der Waals surface area contributed by atoms with E-state index in [-0.39, 0.29) is 10.6 Å². The molecule has 1 aliphatic heterocycles. The van der Waals surface area contributed by atoms with Crippen molar-refractivity contribution in [1.82, 2.24) is 9.88 Å². The van der Waals surface area contributed by atoms with Crippen LogP contribution < -0.4 is 0 Å². The zero-order valence-corrected chi connectivity index (χ0v) is 10.4. The molecule has 18 heavy (non-hydrogen) atoms. The Labute approximate surface area is 105 Å². The number of amides is 1. The molecule has 1 amide bonds. The number of carbonyl (C=O) groups excluding carboxylic acids is 1. The minimum atomic E-state index is -4.50. The lowest BCUT2D eigenvalue weighted by atomic mass is 10.3. The first-order valence-corrected chi connectivity index (χ1v) is 6.13. The number of halogens is 3. The Morgan fingerprint density at radius 2 is 2.00 bits per heavy atom. The van der Waals surface area contributed by atoms with Gasteiger partial charge in [-0.05, 0) is 6.92 Å². The van der Waals surface area contributed by atoms with Gasteiger partial charge in [-0.3, -0.25) is 4.79 Å². The van der Waals surface area contributed by atoms with Gasteiger partial charge < -0.3 is 9.64 Å². The van der Waals surface area contributed by atoms with Gasteiger partial charge in [0.15, 0.2) is 5.01 Å². The Hall–Kier alpha value is -1.15. The summed E-state index contributed by atoms with van der Waals surface area (Å²) >= 11 is 0.400. The van der Waals surface area contributed by atoms with E-state index in [9.17, 15) is 18.0 Å². The molecule has 0 radical (unpaired) electrons. The molecule has 1 aromatic heterocycles. The van der Waals surface area contributed by atoms with Gasteiger partial charge in [0, 0.05) is 13.1 Å². The van der Waals surface area contributed by atoms with E-state index >= 15 is 0 Å². The topological polar surface area (TPSA) is 42.4 Å². The van der Waals surface area contributed by atoms with Crippen LogP contribution in [-0.4, -0.2) is 42.1 Å². The van der Waals surface area contributed by atoms with Gasteiger partial charge in [-0.2, -0.15) is 13.2 Å². The Balaban J connectivity index is 2.22. The number of ether oxygens (including phenoxy) is 1.